The number of aryl methyl sites for hydroxylation is 1. The highest BCUT2D eigenvalue weighted by molar-refractivity contribution is 5.27. The Morgan fingerprint density at radius 2 is 2.00 bits per heavy atom. The number of ether oxygens (including phenoxy) is 1. The van der Waals surface area contributed by atoms with Gasteiger partial charge in [0, 0.05) is 25.3 Å². The maximum atomic E-state index is 13.6. The van der Waals surface area contributed by atoms with E-state index in [1.54, 1.807) is 14.0 Å². The first kappa shape index (κ1) is 14.1. The van der Waals surface area contributed by atoms with Gasteiger partial charge in [0.1, 0.15) is 11.6 Å². The molecule has 1 N–H and O–H groups in total. The summed E-state index contributed by atoms with van der Waals surface area (Å²) < 4.78 is 31.9. The van der Waals surface area contributed by atoms with E-state index in [-0.39, 0.29) is 17.7 Å². The number of rotatable bonds is 6. The number of hydrogen-bond acceptors (Lipinski definition) is 2. The predicted octanol–water partition coefficient (Wildman–Crippen LogP) is 2.96. The Morgan fingerprint density at radius 1 is 1.29 bits per heavy atom. The van der Waals surface area contributed by atoms with Gasteiger partial charge in [0.25, 0.3) is 0 Å². The monoisotopic (exact) mass is 243 g/mol. The molecule has 0 aliphatic heterocycles. The van der Waals surface area contributed by atoms with Crippen molar-refractivity contribution in [2.24, 2.45) is 0 Å². The van der Waals surface area contributed by atoms with Crippen LogP contribution in [0.15, 0.2) is 12.1 Å². The number of hydrogen-bond donors (Lipinski definition) is 1. The molecule has 0 bridgehead atoms. The van der Waals surface area contributed by atoms with Crippen LogP contribution < -0.4 is 5.32 Å². The van der Waals surface area contributed by atoms with Crippen molar-refractivity contribution >= 4 is 0 Å². The van der Waals surface area contributed by atoms with Crippen molar-refractivity contribution in [1.29, 1.82) is 0 Å². The van der Waals surface area contributed by atoms with E-state index in [2.05, 4.69) is 5.32 Å². The van der Waals surface area contributed by atoms with Crippen molar-refractivity contribution in [1.82, 2.24) is 5.32 Å². The maximum Gasteiger partial charge on any atom is 0.128 e. The molecule has 96 valence electrons. The average Bonchev–Trinajstić information content (AvgIpc) is 2.29. The average molecular weight is 243 g/mol. The molecule has 0 amide bonds. The van der Waals surface area contributed by atoms with Gasteiger partial charge in [-0.1, -0.05) is 0 Å². The molecule has 0 aliphatic rings. The molecule has 0 aromatic heterocycles. The lowest BCUT2D eigenvalue weighted by Crippen LogP contribution is -2.22. The SMILES string of the molecule is COCCCNC(C)c1cc(F)c(C)cc1F. The van der Waals surface area contributed by atoms with Crippen molar-refractivity contribution in [2.45, 2.75) is 26.3 Å². The quantitative estimate of drug-likeness (QED) is 0.776. The van der Waals surface area contributed by atoms with Crippen molar-refractivity contribution in [3.8, 4) is 0 Å². The molecule has 0 saturated carbocycles. The van der Waals surface area contributed by atoms with Crippen LogP contribution in [0, 0.1) is 18.6 Å². The number of halogens is 2. The fraction of sp³-hybridized carbons (Fsp3) is 0.538. The Balaban J connectivity index is 2.62. The first-order valence-corrected chi connectivity index (χ1v) is 5.74. The number of benzene rings is 1. The summed E-state index contributed by atoms with van der Waals surface area (Å²) in [5.41, 5.74) is 0.698. The smallest absolute Gasteiger partial charge is 0.128 e. The third-order valence-electron chi connectivity index (χ3n) is 2.72. The summed E-state index contributed by atoms with van der Waals surface area (Å²) in [6, 6.07) is 2.29. The van der Waals surface area contributed by atoms with Crippen LogP contribution in [-0.2, 0) is 4.74 Å². The van der Waals surface area contributed by atoms with Crippen LogP contribution in [0.4, 0.5) is 8.78 Å². The van der Waals surface area contributed by atoms with Crippen LogP contribution in [0.1, 0.15) is 30.5 Å². The minimum Gasteiger partial charge on any atom is -0.385 e. The Hall–Kier alpha value is -1.00. The highest BCUT2D eigenvalue weighted by Gasteiger charge is 2.13. The van der Waals surface area contributed by atoms with Crippen molar-refractivity contribution in [2.75, 3.05) is 20.3 Å². The highest BCUT2D eigenvalue weighted by Crippen LogP contribution is 2.20. The molecule has 1 aromatic carbocycles. The topological polar surface area (TPSA) is 21.3 Å². The van der Waals surface area contributed by atoms with E-state index in [0.29, 0.717) is 24.3 Å². The van der Waals surface area contributed by atoms with Gasteiger partial charge in [-0.3, -0.25) is 0 Å². The van der Waals surface area contributed by atoms with Gasteiger partial charge in [-0.05, 0) is 44.5 Å². The Labute approximate surface area is 101 Å². The number of methoxy groups -OCH3 is 1. The summed E-state index contributed by atoms with van der Waals surface area (Å²) in [6.45, 7) is 4.74. The zero-order chi connectivity index (χ0) is 12.8. The third kappa shape index (κ3) is 4.06. The molecule has 1 unspecified atom stereocenters. The lowest BCUT2D eigenvalue weighted by atomic mass is 10.0. The van der Waals surface area contributed by atoms with E-state index in [1.165, 1.54) is 12.1 Å². The van der Waals surface area contributed by atoms with Crippen molar-refractivity contribution in [3.63, 3.8) is 0 Å². The molecule has 0 heterocycles. The molecule has 0 radical (unpaired) electrons. The Bertz CT molecular complexity index is 369. The molecular formula is C13H19F2NO. The minimum atomic E-state index is -0.369. The lowest BCUT2D eigenvalue weighted by molar-refractivity contribution is 0.193. The van der Waals surface area contributed by atoms with Gasteiger partial charge in [-0.2, -0.15) is 0 Å². The molecule has 1 rings (SSSR count). The van der Waals surface area contributed by atoms with Crippen molar-refractivity contribution < 1.29 is 13.5 Å². The summed E-state index contributed by atoms with van der Waals surface area (Å²) in [5.74, 6) is -0.734. The predicted molar refractivity (Wildman–Crippen MR) is 64.0 cm³/mol. The Kier molecular flexibility index (Phi) is 5.51. The minimum absolute atomic E-state index is 0.207. The molecule has 17 heavy (non-hydrogen) atoms. The van der Waals surface area contributed by atoms with E-state index in [0.717, 1.165) is 6.42 Å². The van der Waals surface area contributed by atoms with Crippen LogP contribution in [0.3, 0.4) is 0 Å². The van der Waals surface area contributed by atoms with E-state index >= 15 is 0 Å². The molecular weight excluding hydrogens is 224 g/mol. The van der Waals surface area contributed by atoms with E-state index in [9.17, 15) is 8.78 Å². The van der Waals surface area contributed by atoms with Gasteiger partial charge >= 0.3 is 0 Å². The van der Waals surface area contributed by atoms with Crippen LogP contribution in [0.2, 0.25) is 0 Å². The zero-order valence-electron chi connectivity index (χ0n) is 10.5. The van der Waals surface area contributed by atoms with Gasteiger partial charge in [-0.15, -0.1) is 0 Å². The first-order valence-electron chi connectivity index (χ1n) is 5.74. The third-order valence-corrected chi connectivity index (χ3v) is 2.72. The second kappa shape index (κ2) is 6.67. The summed E-state index contributed by atoms with van der Waals surface area (Å²) in [7, 11) is 1.64. The van der Waals surface area contributed by atoms with Crippen molar-refractivity contribution in [3.05, 3.63) is 34.9 Å². The molecule has 1 atom stereocenters. The summed E-state index contributed by atoms with van der Waals surface area (Å²) in [5, 5.41) is 3.13. The van der Waals surface area contributed by atoms with Crippen LogP contribution in [0.5, 0.6) is 0 Å². The second-order valence-corrected chi connectivity index (χ2v) is 4.15. The normalized spacial score (nSPS) is 12.8. The van der Waals surface area contributed by atoms with Crippen LogP contribution >= 0.6 is 0 Å². The standard InChI is InChI=1S/C13H19F2NO/c1-9-7-13(15)11(8-12(9)14)10(2)16-5-4-6-17-3/h7-8,10,16H,4-6H2,1-3H3. The van der Waals surface area contributed by atoms with Crippen LogP contribution in [-0.4, -0.2) is 20.3 Å². The number of nitrogens with one attached hydrogen (secondary N) is 1. The molecule has 2 nitrogen and oxygen atoms in total. The van der Waals surface area contributed by atoms with Gasteiger partial charge in [-0.25, -0.2) is 8.78 Å². The van der Waals surface area contributed by atoms with Crippen LogP contribution in [0.25, 0.3) is 0 Å². The van der Waals surface area contributed by atoms with E-state index in [4.69, 9.17) is 4.74 Å². The fourth-order valence-electron chi connectivity index (χ4n) is 1.64. The summed E-state index contributed by atoms with van der Waals surface area (Å²) in [6.07, 6.45) is 0.844. The van der Waals surface area contributed by atoms with Gasteiger partial charge in [0.05, 0.1) is 0 Å². The summed E-state index contributed by atoms with van der Waals surface area (Å²) in [4.78, 5) is 0. The first-order chi connectivity index (χ1) is 8.06. The molecule has 0 spiro atoms. The zero-order valence-corrected chi connectivity index (χ0v) is 10.5. The van der Waals surface area contributed by atoms with E-state index < -0.39 is 0 Å². The largest absolute Gasteiger partial charge is 0.385 e. The Morgan fingerprint density at radius 3 is 2.65 bits per heavy atom. The maximum absolute atomic E-state index is 13.6. The highest BCUT2D eigenvalue weighted by atomic mass is 19.1. The molecule has 1 aromatic rings. The van der Waals surface area contributed by atoms with Gasteiger partial charge in [0.2, 0.25) is 0 Å². The molecule has 0 saturated heterocycles. The molecule has 0 fully saturated rings. The van der Waals surface area contributed by atoms with Gasteiger partial charge in [0.15, 0.2) is 0 Å². The fourth-order valence-corrected chi connectivity index (χ4v) is 1.64. The lowest BCUT2D eigenvalue weighted by Gasteiger charge is -2.15. The van der Waals surface area contributed by atoms with E-state index in [1.807, 2.05) is 6.92 Å². The molecule has 0 aliphatic carbocycles. The summed E-state index contributed by atoms with van der Waals surface area (Å²) >= 11 is 0. The van der Waals surface area contributed by atoms with Gasteiger partial charge < -0.3 is 10.1 Å². The molecule has 4 heteroatoms. The second-order valence-electron chi connectivity index (χ2n) is 4.15.